The van der Waals surface area contributed by atoms with Crippen molar-refractivity contribution in [3.63, 3.8) is 0 Å². The molecule has 0 N–H and O–H groups in total. The Bertz CT molecular complexity index is 477. The van der Waals surface area contributed by atoms with Gasteiger partial charge in [-0.15, -0.1) is 12.4 Å². The average molecular weight is 325 g/mol. The average Bonchev–Trinajstić information content (AvgIpc) is 2.82. The molecule has 2 heterocycles. The maximum atomic E-state index is 12.1. The highest BCUT2D eigenvalue weighted by atomic mass is 35.5. The molecule has 3 rings (SSSR count). The minimum Gasteiger partial charge on any atom is -0.439 e. The van der Waals surface area contributed by atoms with Gasteiger partial charge in [-0.05, 0) is 38.4 Å². The Morgan fingerprint density at radius 3 is 2.45 bits per heavy atom. The first kappa shape index (κ1) is 17.1. The molecular weight excluding hydrogens is 300 g/mol. The number of amides is 1. The zero-order chi connectivity index (χ0) is 14.7. The van der Waals surface area contributed by atoms with E-state index in [2.05, 4.69) is 11.8 Å². The van der Waals surface area contributed by atoms with E-state index in [9.17, 15) is 4.79 Å². The van der Waals surface area contributed by atoms with E-state index < -0.39 is 0 Å². The van der Waals surface area contributed by atoms with Gasteiger partial charge in [-0.2, -0.15) is 0 Å². The molecule has 2 unspecified atom stereocenters. The molecule has 0 saturated carbocycles. The van der Waals surface area contributed by atoms with Gasteiger partial charge in [0.2, 0.25) is 0 Å². The molecule has 1 amide bonds. The number of nitrogens with zero attached hydrogens (tertiary/aromatic N) is 2. The number of rotatable bonds is 4. The van der Waals surface area contributed by atoms with E-state index in [4.69, 9.17) is 4.74 Å². The predicted molar refractivity (Wildman–Crippen MR) is 89.4 cm³/mol. The van der Waals surface area contributed by atoms with Crippen LogP contribution in [0.5, 0.6) is 0 Å². The fourth-order valence-corrected chi connectivity index (χ4v) is 3.32. The monoisotopic (exact) mass is 324 g/mol. The molecule has 0 aliphatic carbocycles. The first-order valence-electron chi connectivity index (χ1n) is 8.00. The highest BCUT2D eigenvalue weighted by molar-refractivity contribution is 5.85. The summed E-state index contributed by atoms with van der Waals surface area (Å²) in [7, 11) is 0. The lowest BCUT2D eigenvalue weighted by molar-refractivity contribution is 0.129. The van der Waals surface area contributed by atoms with Gasteiger partial charge in [-0.3, -0.25) is 0 Å². The Morgan fingerprint density at radius 1 is 1.09 bits per heavy atom. The molecule has 0 aromatic heterocycles. The lowest BCUT2D eigenvalue weighted by atomic mass is 10.0. The molecule has 0 spiro atoms. The molecule has 2 fully saturated rings. The molecule has 2 saturated heterocycles. The van der Waals surface area contributed by atoms with Crippen LogP contribution < -0.4 is 0 Å². The molecule has 122 valence electrons. The number of cyclic esters (lactones) is 1. The molecular formula is C17H25ClN2O2. The van der Waals surface area contributed by atoms with Crippen LogP contribution in [0.2, 0.25) is 0 Å². The first-order chi connectivity index (χ1) is 10.3. The standard InChI is InChI=1S/C17H24N2O2.ClH/c1-14-16(15-8-4-2-5-9-15)21-17(20)19(14)13-12-18-10-6-3-7-11-18;/h2,4-5,8-9,14,16H,3,6-7,10-13H2,1H3;1H. The van der Waals surface area contributed by atoms with Crippen LogP contribution in [0.3, 0.4) is 0 Å². The summed E-state index contributed by atoms with van der Waals surface area (Å²) in [5.41, 5.74) is 1.08. The van der Waals surface area contributed by atoms with Crippen molar-refractivity contribution in [2.75, 3.05) is 26.2 Å². The predicted octanol–water partition coefficient (Wildman–Crippen LogP) is 3.48. The summed E-state index contributed by atoms with van der Waals surface area (Å²) >= 11 is 0. The van der Waals surface area contributed by atoms with Crippen LogP contribution in [0.15, 0.2) is 30.3 Å². The Kier molecular flexibility index (Phi) is 6.09. The number of carbonyl (C=O) groups excluding carboxylic acids is 1. The highest BCUT2D eigenvalue weighted by Crippen LogP contribution is 2.31. The fourth-order valence-electron chi connectivity index (χ4n) is 3.32. The van der Waals surface area contributed by atoms with Crippen molar-refractivity contribution < 1.29 is 9.53 Å². The SMILES string of the molecule is CC1C(c2ccccc2)OC(=O)N1CCN1CCCCC1.Cl. The molecule has 1 aromatic carbocycles. The summed E-state index contributed by atoms with van der Waals surface area (Å²) in [6.07, 6.45) is 3.60. The maximum absolute atomic E-state index is 12.1. The number of hydrogen-bond acceptors (Lipinski definition) is 3. The third-order valence-electron chi connectivity index (χ3n) is 4.63. The number of likely N-dealkylation sites (tertiary alicyclic amines) is 1. The molecule has 1 aromatic rings. The van der Waals surface area contributed by atoms with Gasteiger partial charge in [0.05, 0.1) is 6.04 Å². The Morgan fingerprint density at radius 2 is 1.77 bits per heavy atom. The fraction of sp³-hybridized carbons (Fsp3) is 0.588. The van der Waals surface area contributed by atoms with E-state index in [1.807, 2.05) is 35.2 Å². The van der Waals surface area contributed by atoms with Gasteiger partial charge in [-0.25, -0.2) is 4.79 Å². The summed E-state index contributed by atoms with van der Waals surface area (Å²) < 4.78 is 5.58. The molecule has 2 aliphatic rings. The van der Waals surface area contributed by atoms with Gasteiger partial charge in [0, 0.05) is 13.1 Å². The minimum absolute atomic E-state index is 0. The smallest absolute Gasteiger partial charge is 0.410 e. The molecule has 2 aliphatic heterocycles. The zero-order valence-corrected chi connectivity index (χ0v) is 13.9. The normalized spacial score (nSPS) is 25.7. The summed E-state index contributed by atoms with van der Waals surface area (Å²) in [4.78, 5) is 16.5. The van der Waals surface area contributed by atoms with Gasteiger partial charge in [-0.1, -0.05) is 36.8 Å². The lowest BCUT2D eigenvalue weighted by Gasteiger charge is -2.29. The third-order valence-corrected chi connectivity index (χ3v) is 4.63. The van der Waals surface area contributed by atoms with Crippen LogP contribution in [-0.2, 0) is 4.74 Å². The van der Waals surface area contributed by atoms with E-state index >= 15 is 0 Å². The first-order valence-corrected chi connectivity index (χ1v) is 8.00. The van der Waals surface area contributed by atoms with Crippen molar-refractivity contribution in [2.45, 2.75) is 38.3 Å². The van der Waals surface area contributed by atoms with Gasteiger partial charge in [0.15, 0.2) is 0 Å². The summed E-state index contributed by atoms with van der Waals surface area (Å²) in [6.45, 7) is 6.14. The summed E-state index contributed by atoms with van der Waals surface area (Å²) in [6, 6.07) is 10.1. The lowest BCUT2D eigenvalue weighted by Crippen LogP contribution is -2.41. The van der Waals surface area contributed by atoms with Gasteiger partial charge in [0.1, 0.15) is 6.10 Å². The van der Waals surface area contributed by atoms with Crippen LogP contribution in [0.1, 0.15) is 37.9 Å². The summed E-state index contributed by atoms with van der Waals surface area (Å²) in [5.74, 6) is 0. The summed E-state index contributed by atoms with van der Waals surface area (Å²) in [5, 5.41) is 0. The van der Waals surface area contributed by atoms with E-state index in [1.165, 1.54) is 32.4 Å². The van der Waals surface area contributed by atoms with Crippen molar-refractivity contribution >= 4 is 18.5 Å². The quantitative estimate of drug-likeness (QED) is 0.850. The van der Waals surface area contributed by atoms with Crippen molar-refractivity contribution in [1.29, 1.82) is 0 Å². The Labute approximate surface area is 138 Å². The topological polar surface area (TPSA) is 32.8 Å². The number of carbonyl (C=O) groups is 1. The molecule has 0 radical (unpaired) electrons. The molecule has 0 bridgehead atoms. The minimum atomic E-state index is -0.173. The number of halogens is 1. The number of hydrogen-bond donors (Lipinski definition) is 0. The Balaban J connectivity index is 0.00000176. The largest absolute Gasteiger partial charge is 0.439 e. The number of piperidine rings is 1. The maximum Gasteiger partial charge on any atom is 0.410 e. The van der Waals surface area contributed by atoms with Crippen LogP contribution in [-0.4, -0.2) is 48.1 Å². The number of ether oxygens (including phenoxy) is 1. The van der Waals surface area contributed by atoms with Crippen LogP contribution in [0.25, 0.3) is 0 Å². The molecule has 2 atom stereocenters. The van der Waals surface area contributed by atoms with Crippen molar-refractivity contribution in [1.82, 2.24) is 9.80 Å². The highest BCUT2D eigenvalue weighted by Gasteiger charge is 2.39. The van der Waals surface area contributed by atoms with Crippen LogP contribution in [0.4, 0.5) is 4.79 Å². The van der Waals surface area contributed by atoms with E-state index in [0.717, 1.165) is 18.7 Å². The van der Waals surface area contributed by atoms with Crippen molar-refractivity contribution in [2.24, 2.45) is 0 Å². The molecule has 22 heavy (non-hydrogen) atoms. The van der Waals surface area contributed by atoms with Crippen molar-refractivity contribution in [3.8, 4) is 0 Å². The zero-order valence-electron chi connectivity index (χ0n) is 13.1. The molecule has 4 nitrogen and oxygen atoms in total. The second-order valence-corrected chi connectivity index (χ2v) is 6.05. The molecule has 5 heteroatoms. The number of benzene rings is 1. The third kappa shape index (κ3) is 3.73. The second kappa shape index (κ2) is 7.84. The van der Waals surface area contributed by atoms with Gasteiger partial charge >= 0.3 is 6.09 Å². The van der Waals surface area contributed by atoms with Crippen LogP contribution >= 0.6 is 12.4 Å². The van der Waals surface area contributed by atoms with Gasteiger partial charge < -0.3 is 14.5 Å². The van der Waals surface area contributed by atoms with E-state index in [0.29, 0.717) is 0 Å². The Hall–Kier alpha value is -1.26. The van der Waals surface area contributed by atoms with E-state index in [-0.39, 0.29) is 30.6 Å². The second-order valence-electron chi connectivity index (χ2n) is 6.05. The van der Waals surface area contributed by atoms with Gasteiger partial charge in [0.25, 0.3) is 0 Å². The van der Waals surface area contributed by atoms with Crippen LogP contribution in [0, 0.1) is 0 Å². The van der Waals surface area contributed by atoms with Crippen molar-refractivity contribution in [3.05, 3.63) is 35.9 Å². The van der Waals surface area contributed by atoms with E-state index in [1.54, 1.807) is 0 Å².